The summed E-state index contributed by atoms with van der Waals surface area (Å²) < 4.78 is 62.6. The van der Waals surface area contributed by atoms with Crippen LogP contribution in [0.15, 0.2) is 36.7 Å². The molecule has 2 aliphatic rings. The van der Waals surface area contributed by atoms with E-state index in [2.05, 4.69) is 15.1 Å². The Bertz CT molecular complexity index is 1490. The molecule has 6 nitrogen and oxygen atoms in total. The minimum atomic E-state index is -4.64. The van der Waals surface area contributed by atoms with Gasteiger partial charge in [-0.05, 0) is 63.8 Å². The fraction of sp³-hybridized carbons (Fsp3) is 0.407. The Hall–Kier alpha value is -3.40. The number of aromatic nitrogens is 5. The van der Waals surface area contributed by atoms with E-state index in [1.165, 1.54) is 0 Å². The van der Waals surface area contributed by atoms with Crippen molar-refractivity contribution in [1.29, 1.82) is 0 Å². The molecule has 0 amide bonds. The molecule has 0 unspecified atom stereocenters. The SMILES string of the molecule is Cc1nc2cc([C@@H]3CCO[C@@H](c4cnn(C5CC5)c4)C3)nc(-c3ccc(C(F)(F)F)cc3F)c2nc1C. The number of fused-ring (bicyclic) bond motifs is 1. The van der Waals surface area contributed by atoms with Crippen molar-refractivity contribution < 1.29 is 22.3 Å². The second-order valence-corrected chi connectivity index (χ2v) is 9.92. The number of alkyl halides is 3. The molecule has 3 aromatic heterocycles. The summed E-state index contributed by atoms with van der Waals surface area (Å²) in [5, 5.41) is 4.48. The highest BCUT2D eigenvalue weighted by molar-refractivity contribution is 5.90. The third-order valence-corrected chi connectivity index (χ3v) is 7.25. The molecule has 2 fully saturated rings. The lowest BCUT2D eigenvalue weighted by molar-refractivity contribution is -0.137. The normalized spacial score (nSPS) is 20.5. The van der Waals surface area contributed by atoms with Gasteiger partial charge in [0.25, 0.3) is 0 Å². The van der Waals surface area contributed by atoms with E-state index < -0.39 is 17.6 Å². The van der Waals surface area contributed by atoms with E-state index >= 15 is 4.39 Å². The summed E-state index contributed by atoms with van der Waals surface area (Å²) in [6, 6.07) is 4.84. The van der Waals surface area contributed by atoms with Crippen LogP contribution in [-0.4, -0.2) is 31.3 Å². The number of ether oxygens (including phenoxy) is 1. The summed E-state index contributed by atoms with van der Waals surface area (Å²) in [6.07, 6.45) is 2.73. The Morgan fingerprint density at radius 3 is 2.51 bits per heavy atom. The highest BCUT2D eigenvalue weighted by Gasteiger charge is 2.33. The molecule has 1 aliphatic carbocycles. The third-order valence-electron chi connectivity index (χ3n) is 7.25. The second kappa shape index (κ2) is 8.86. The van der Waals surface area contributed by atoms with Crippen LogP contribution in [0.1, 0.15) is 72.0 Å². The Balaban J connectivity index is 1.41. The Kier molecular flexibility index (Phi) is 5.74. The van der Waals surface area contributed by atoms with Gasteiger partial charge < -0.3 is 4.74 Å². The van der Waals surface area contributed by atoms with Crippen LogP contribution in [-0.2, 0) is 10.9 Å². The molecule has 0 radical (unpaired) electrons. The van der Waals surface area contributed by atoms with E-state index in [0.29, 0.717) is 54.0 Å². The molecule has 2 atom stereocenters. The topological polar surface area (TPSA) is 65.7 Å². The molecule has 192 valence electrons. The first-order chi connectivity index (χ1) is 17.7. The number of aryl methyl sites for hydroxylation is 2. The molecule has 4 heterocycles. The Labute approximate surface area is 210 Å². The number of hydrogen-bond acceptors (Lipinski definition) is 5. The molecular formula is C27H25F4N5O. The molecule has 4 aromatic rings. The standard InChI is InChI=1S/C27H25F4N5O/c1-14-15(2)34-26-23(33-14)11-22(35-25(26)20-6-3-18(10-21(20)28)27(29,30)31)16-7-8-37-24(9-16)17-12-32-36(13-17)19-4-5-19/h3,6,10-13,16,19,24H,4-5,7-9H2,1-2H3/t16-,24-/m1/s1. The van der Waals surface area contributed by atoms with Crippen molar-refractivity contribution >= 4 is 11.0 Å². The van der Waals surface area contributed by atoms with Crippen LogP contribution in [0.2, 0.25) is 0 Å². The van der Waals surface area contributed by atoms with Gasteiger partial charge in [0.2, 0.25) is 0 Å². The lowest BCUT2D eigenvalue weighted by Crippen LogP contribution is -2.19. The zero-order chi connectivity index (χ0) is 25.9. The molecule has 37 heavy (non-hydrogen) atoms. The van der Waals surface area contributed by atoms with Crippen molar-refractivity contribution in [2.45, 2.75) is 63.8 Å². The molecule has 1 saturated carbocycles. The first-order valence-corrected chi connectivity index (χ1v) is 12.4. The van der Waals surface area contributed by atoms with Gasteiger partial charge in [0.05, 0.1) is 40.8 Å². The van der Waals surface area contributed by atoms with E-state index in [1.807, 2.05) is 30.1 Å². The van der Waals surface area contributed by atoms with Crippen molar-refractivity contribution in [2.75, 3.05) is 6.61 Å². The van der Waals surface area contributed by atoms with Gasteiger partial charge in [-0.3, -0.25) is 4.68 Å². The summed E-state index contributed by atoms with van der Waals surface area (Å²) in [6.45, 7) is 4.14. The molecule has 10 heteroatoms. The van der Waals surface area contributed by atoms with Gasteiger partial charge in [-0.2, -0.15) is 18.3 Å². The summed E-state index contributed by atoms with van der Waals surface area (Å²) >= 11 is 0. The van der Waals surface area contributed by atoms with E-state index in [-0.39, 0.29) is 23.3 Å². The van der Waals surface area contributed by atoms with Gasteiger partial charge in [0, 0.05) is 35.5 Å². The van der Waals surface area contributed by atoms with Crippen LogP contribution in [0.25, 0.3) is 22.3 Å². The van der Waals surface area contributed by atoms with Crippen molar-refractivity contribution in [3.8, 4) is 11.3 Å². The molecule has 0 N–H and O–H groups in total. The van der Waals surface area contributed by atoms with Crippen LogP contribution < -0.4 is 0 Å². The zero-order valence-electron chi connectivity index (χ0n) is 20.4. The largest absolute Gasteiger partial charge is 0.416 e. The predicted octanol–water partition coefficient (Wildman–Crippen LogP) is 6.63. The van der Waals surface area contributed by atoms with E-state index in [0.717, 1.165) is 36.2 Å². The highest BCUT2D eigenvalue weighted by atomic mass is 19.4. The number of nitrogens with zero attached hydrogens (tertiary/aromatic N) is 5. The van der Waals surface area contributed by atoms with Crippen LogP contribution in [0.4, 0.5) is 17.6 Å². The van der Waals surface area contributed by atoms with Crippen LogP contribution in [0.5, 0.6) is 0 Å². The van der Waals surface area contributed by atoms with Gasteiger partial charge in [-0.25, -0.2) is 19.3 Å². The van der Waals surface area contributed by atoms with Gasteiger partial charge in [0.1, 0.15) is 17.0 Å². The number of halogens is 4. The van der Waals surface area contributed by atoms with Gasteiger partial charge >= 0.3 is 6.18 Å². The first-order valence-electron chi connectivity index (χ1n) is 12.4. The molecule has 1 aliphatic heterocycles. The molecule has 6 rings (SSSR count). The number of benzene rings is 1. The fourth-order valence-electron chi connectivity index (χ4n) is 4.89. The summed E-state index contributed by atoms with van der Waals surface area (Å²) in [7, 11) is 0. The average Bonchev–Trinajstić information content (AvgIpc) is 3.60. The van der Waals surface area contributed by atoms with Crippen LogP contribution in [0.3, 0.4) is 0 Å². The van der Waals surface area contributed by atoms with E-state index in [1.54, 1.807) is 6.92 Å². The maximum atomic E-state index is 15.1. The number of hydrogen-bond donors (Lipinski definition) is 0. The zero-order valence-corrected chi connectivity index (χ0v) is 20.4. The molecule has 0 spiro atoms. The summed E-state index contributed by atoms with van der Waals surface area (Å²) in [5.74, 6) is -1.01. The third kappa shape index (κ3) is 4.58. The molecule has 1 aromatic carbocycles. The van der Waals surface area contributed by atoms with Crippen molar-refractivity contribution in [3.63, 3.8) is 0 Å². The summed E-state index contributed by atoms with van der Waals surface area (Å²) in [4.78, 5) is 14.0. The fourth-order valence-corrected chi connectivity index (χ4v) is 4.89. The monoisotopic (exact) mass is 511 g/mol. The molecule has 1 saturated heterocycles. The highest BCUT2D eigenvalue weighted by Crippen LogP contribution is 2.41. The Morgan fingerprint density at radius 2 is 1.78 bits per heavy atom. The predicted molar refractivity (Wildman–Crippen MR) is 128 cm³/mol. The quantitative estimate of drug-likeness (QED) is 0.288. The second-order valence-electron chi connectivity index (χ2n) is 9.92. The van der Waals surface area contributed by atoms with Crippen molar-refractivity contribution in [3.05, 3.63) is 70.7 Å². The first kappa shape index (κ1) is 24.0. The van der Waals surface area contributed by atoms with Gasteiger partial charge in [-0.15, -0.1) is 0 Å². The van der Waals surface area contributed by atoms with Crippen LogP contribution >= 0.6 is 0 Å². The minimum Gasteiger partial charge on any atom is -0.373 e. The molecule has 0 bridgehead atoms. The van der Waals surface area contributed by atoms with Crippen molar-refractivity contribution in [1.82, 2.24) is 24.7 Å². The number of pyridine rings is 1. The summed E-state index contributed by atoms with van der Waals surface area (Å²) in [5.41, 5.74) is 3.08. The smallest absolute Gasteiger partial charge is 0.373 e. The van der Waals surface area contributed by atoms with E-state index in [4.69, 9.17) is 9.72 Å². The lowest BCUT2D eigenvalue weighted by Gasteiger charge is -2.29. The van der Waals surface area contributed by atoms with Gasteiger partial charge in [0.15, 0.2) is 0 Å². The Morgan fingerprint density at radius 1 is 1.00 bits per heavy atom. The lowest BCUT2D eigenvalue weighted by atomic mass is 9.89. The number of rotatable bonds is 4. The maximum absolute atomic E-state index is 15.1. The van der Waals surface area contributed by atoms with E-state index in [9.17, 15) is 13.2 Å². The minimum absolute atomic E-state index is 0.00732. The maximum Gasteiger partial charge on any atom is 0.416 e. The average molecular weight is 512 g/mol. The van der Waals surface area contributed by atoms with Crippen LogP contribution in [0, 0.1) is 19.7 Å². The molecular weight excluding hydrogens is 486 g/mol. The van der Waals surface area contributed by atoms with Crippen molar-refractivity contribution in [2.24, 2.45) is 0 Å². The van der Waals surface area contributed by atoms with Gasteiger partial charge in [-0.1, -0.05) is 0 Å².